The molecule has 0 unspecified atom stereocenters. The Balaban J connectivity index is 1.43. The quantitative estimate of drug-likeness (QED) is 0.119. The molecule has 0 fully saturated rings. The average Bonchev–Trinajstić information content (AvgIpc) is 3.93. The van der Waals surface area contributed by atoms with Crippen molar-refractivity contribution < 1.29 is 0 Å². The van der Waals surface area contributed by atoms with Crippen molar-refractivity contribution in [2.24, 2.45) is 0 Å². The van der Waals surface area contributed by atoms with Crippen LogP contribution in [0.4, 0.5) is 0 Å². The number of fused-ring (bicyclic) bond motifs is 1. The van der Waals surface area contributed by atoms with Gasteiger partial charge in [-0.2, -0.15) is 10.4 Å². The highest BCUT2D eigenvalue weighted by Crippen LogP contribution is 2.45. The lowest BCUT2D eigenvalue weighted by atomic mass is 9.77. The second kappa shape index (κ2) is 12.7. The lowest BCUT2D eigenvalue weighted by molar-refractivity contribution is 0.461. The third kappa shape index (κ3) is 5.13. The van der Waals surface area contributed by atoms with Gasteiger partial charge in [-0.05, 0) is 64.9 Å². The smallest absolute Gasteiger partial charge is 0.138 e. The Hall–Kier alpha value is -5.33. The van der Waals surface area contributed by atoms with E-state index in [1.807, 2.05) is 30.3 Å². The summed E-state index contributed by atoms with van der Waals surface area (Å²) in [5.74, 6) is 0. The molecule has 4 heterocycles. The SMILES string of the molecule is CSc1ccc(-c2ncnc3ccc(-c4cn(C(c5ccccc5)(c5ccccc5)c5ccccc5)nc4-c4ccc(C#N)s4)cc23)s1. The van der Waals surface area contributed by atoms with Gasteiger partial charge >= 0.3 is 0 Å². The molecule has 0 saturated heterocycles. The van der Waals surface area contributed by atoms with Gasteiger partial charge in [-0.25, -0.2) is 9.97 Å². The first kappa shape index (κ1) is 30.0. The Morgan fingerprint density at radius 1 is 0.688 bits per heavy atom. The van der Waals surface area contributed by atoms with E-state index in [2.05, 4.69) is 131 Å². The van der Waals surface area contributed by atoms with Gasteiger partial charge in [-0.1, -0.05) is 97.1 Å². The molecule has 0 spiro atoms. The summed E-state index contributed by atoms with van der Waals surface area (Å²) < 4.78 is 3.35. The van der Waals surface area contributed by atoms with E-state index < -0.39 is 5.54 Å². The highest BCUT2D eigenvalue weighted by Gasteiger charge is 2.40. The van der Waals surface area contributed by atoms with Crippen molar-refractivity contribution in [3.63, 3.8) is 0 Å². The van der Waals surface area contributed by atoms with Crippen LogP contribution in [0.25, 0.3) is 43.2 Å². The van der Waals surface area contributed by atoms with Crippen molar-refractivity contribution in [1.29, 1.82) is 5.26 Å². The first-order valence-electron chi connectivity index (χ1n) is 15.4. The van der Waals surface area contributed by atoms with Crippen LogP contribution in [0.3, 0.4) is 0 Å². The van der Waals surface area contributed by atoms with Crippen molar-refractivity contribution in [2.45, 2.75) is 9.75 Å². The van der Waals surface area contributed by atoms with E-state index in [9.17, 15) is 5.26 Å². The zero-order valence-electron chi connectivity index (χ0n) is 25.8. The summed E-state index contributed by atoms with van der Waals surface area (Å²) in [6.07, 6.45) is 5.89. The fourth-order valence-corrected chi connectivity index (χ4v) is 8.73. The number of hydrogen-bond donors (Lipinski definition) is 0. The second-order valence-corrected chi connectivity index (χ2v) is 14.5. The van der Waals surface area contributed by atoms with Crippen molar-refractivity contribution >= 4 is 45.3 Å². The molecular formula is C40H27N5S3. The molecule has 5 nitrogen and oxygen atoms in total. The Morgan fingerprint density at radius 2 is 1.31 bits per heavy atom. The summed E-state index contributed by atoms with van der Waals surface area (Å²) in [4.78, 5) is 12.0. The molecule has 0 N–H and O–H groups in total. The normalized spacial score (nSPS) is 11.5. The van der Waals surface area contributed by atoms with Crippen LogP contribution in [-0.2, 0) is 5.54 Å². The maximum atomic E-state index is 9.76. The fraction of sp³-hybridized carbons (Fsp3) is 0.0500. The topological polar surface area (TPSA) is 67.4 Å². The van der Waals surface area contributed by atoms with Crippen molar-refractivity contribution in [3.05, 3.63) is 168 Å². The van der Waals surface area contributed by atoms with Gasteiger partial charge in [0.15, 0.2) is 0 Å². The standard InChI is InChI=1S/C40H27N5S3/c1-46-37-22-21-35(48-37)38-32-23-27(17-19-34(32)42-26-43-38)33-25-45(44-39(33)36-20-18-31(24-41)47-36)40(28-11-5-2-6-12-28,29-13-7-3-8-14-29)30-15-9-4-10-16-30/h2-23,25-26H,1H3. The molecule has 0 saturated carbocycles. The number of hydrogen-bond acceptors (Lipinski definition) is 7. The predicted octanol–water partition coefficient (Wildman–Crippen LogP) is 10.4. The largest absolute Gasteiger partial charge is 0.252 e. The molecule has 0 amide bonds. The van der Waals surface area contributed by atoms with Crippen LogP contribution in [0.2, 0.25) is 0 Å². The first-order chi connectivity index (χ1) is 23.7. The van der Waals surface area contributed by atoms with Gasteiger partial charge in [0.2, 0.25) is 0 Å². The number of rotatable bonds is 8. The number of aromatic nitrogens is 4. The second-order valence-electron chi connectivity index (χ2n) is 11.2. The molecule has 48 heavy (non-hydrogen) atoms. The predicted molar refractivity (Wildman–Crippen MR) is 198 cm³/mol. The van der Waals surface area contributed by atoms with Crippen LogP contribution in [0.5, 0.6) is 0 Å². The van der Waals surface area contributed by atoms with E-state index in [4.69, 9.17) is 10.1 Å². The minimum absolute atomic E-state index is 0.641. The number of thioether (sulfide) groups is 1. The van der Waals surface area contributed by atoms with Crippen molar-refractivity contribution in [3.8, 4) is 38.3 Å². The van der Waals surface area contributed by atoms with E-state index >= 15 is 0 Å². The number of thiophene rings is 2. The van der Waals surface area contributed by atoms with Crippen LogP contribution in [-0.4, -0.2) is 26.0 Å². The van der Waals surface area contributed by atoms with E-state index in [0.717, 1.165) is 59.9 Å². The number of nitriles is 1. The highest BCUT2D eigenvalue weighted by atomic mass is 32.2. The van der Waals surface area contributed by atoms with Crippen LogP contribution >= 0.6 is 34.4 Å². The maximum absolute atomic E-state index is 9.76. The van der Waals surface area contributed by atoms with E-state index in [1.54, 1.807) is 29.4 Å². The molecule has 8 rings (SSSR count). The molecule has 230 valence electrons. The van der Waals surface area contributed by atoms with Crippen LogP contribution < -0.4 is 0 Å². The van der Waals surface area contributed by atoms with Crippen LogP contribution in [0, 0.1) is 11.3 Å². The monoisotopic (exact) mass is 673 g/mol. The third-order valence-corrected chi connectivity index (χ3v) is 11.7. The van der Waals surface area contributed by atoms with Crippen LogP contribution in [0.1, 0.15) is 21.6 Å². The molecule has 0 radical (unpaired) electrons. The van der Waals surface area contributed by atoms with Gasteiger partial charge in [0, 0.05) is 17.1 Å². The molecule has 0 aliphatic rings. The van der Waals surface area contributed by atoms with Gasteiger partial charge in [0.1, 0.15) is 28.5 Å². The molecule has 4 aromatic carbocycles. The minimum Gasteiger partial charge on any atom is -0.252 e. The van der Waals surface area contributed by atoms with E-state index in [1.165, 1.54) is 15.5 Å². The molecular weight excluding hydrogens is 647 g/mol. The summed E-state index contributed by atoms with van der Waals surface area (Å²) in [5, 5.41) is 16.2. The zero-order chi connectivity index (χ0) is 32.5. The summed E-state index contributed by atoms with van der Waals surface area (Å²) in [6, 6.07) is 48.5. The zero-order valence-corrected chi connectivity index (χ0v) is 28.3. The maximum Gasteiger partial charge on any atom is 0.138 e. The fourth-order valence-electron chi connectivity index (χ4n) is 6.38. The van der Waals surface area contributed by atoms with E-state index in [-0.39, 0.29) is 0 Å². The van der Waals surface area contributed by atoms with Gasteiger partial charge in [0.05, 0.1) is 25.2 Å². The first-order valence-corrected chi connectivity index (χ1v) is 18.2. The molecule has 0 bridgehead atoms. The van der Waals surface area contributed by atoms with Crippen molar-refractivity contribution in [2.75, 3.05) is 6.26 Å². The lowest BCUT2D eigenvalue weighted by Gasteiger charge is -2.36. The van der Waals surface area contributed by atoms with Gasteiger partial charge in [0.25, 0.3) is 0 Å². The van der Waals surface area contributed by atoms with Crippen LogP contribution in [0.15, 0.2) is 150 Å². The molecule has 0 aliphatic carbocycles. The Bertz CT molecular complexity index is 2310. The summed E-state index contributed by atoms with van der Waals surface area (Å²) in [7, 11) is 0. The molecule has 4 aromatic heterocycles. The number of benzene rings is 4. The molecule has 0 aliphatic heterocycles. The lowest BCUT2D eigenvalue weighted by Crippen LogP contribution is -2.38. The summed E-state index contributed by atoms with van der Waals surface area (Å²) in [5.41, 5.74) is 7.03. The summed E-state index contributed by atoms with van der Waals surface area (Å²) in [6.45, 7) is 0. The number of nitrogens with zero attached hydrogens (tertiary/aromatic N) is 5. The molecule has 8 heteroatoms. The Kier molecular flexibility index (Phi) is 7.95. The van der Waals surface area contributed by atoms with E-state index in [0.29, 0.717) is 4.88 Å². The highest BCUT2D eigenvalue weighted by molar-refractivity contribution is 8.00. The van der Waals surface area contributed by atoms with Gasteiger partial charge < -0.3 is 0 Å². The minimum atomic E-state index is -0.789. The van der Waals surface area contributed by atoms with Crippen molar-refractivity contribution in [1.82, 2.24) is 19.7 Å². The van der Waals surface area contributed by atoms with Gasteiger partial charge in [-0.3, -0.25) is 4.68 Å². The Morgan fingerprint density at radius 3 is 1.90 bits per heavy atom. The summed E-state index contributed by atoms with van der Waals surface area (Å²) >= 11 is 4.92. The Labute approximate surface area is 290 Å². The average molecular weight is 674 g/mol. The van der Waals surface area contributed by atoms with Gasteiger partial charge in [-0.15, -0.1) is 34.4 Å². The molecule has 0 atom stereocenters. The molecule has 8 aromatic rings. The third-order valence-electron chi connectivity index (χ3n) is 8.54.